The summed E-state index contributed by atoms with van der Waals surface area (Å²) in [7, 11) is 0. The molecular weight excluding hydrogens is 262 g/mol. The fourth-order valence-corrected chi connectivity index (χ4v) is 1.70. The Labute approximate surface area is 94.7 Å². The average molecular weight is 269 g/mol. The number of ether oxygens (including phenoxy) is 1. The minimum atomic E-state index is 0.510. The van der Waals surface area contributed by atoms with Gasteiger partial charge in [0.25, 0.3) is 0 Å². The van der Waals surface area contributed by atoms with Crippen LogP contribution >= 0.6 is 27.3 Å². The predicted octanol–water partition coefficient (Wildman–Crippen LogP) is 3.28. The summed E-state index contributed by atoms with van der Waals surface area (Å²) in [5.74, 6) is 0.850. The van der Waals surface area contributed by atoms with Crippen LogP contribution in [-0.4, -0.2) is 4.98 Å². The summed E-state index contributed by atoms with van der Waals surface area (Å²) < 4.78 is 6.56. The SMILES string of the molecule is Brc1ccc(OCc2n[c]cs2)cc1. The Kier molecular flexibility index (Phi) is 3.16. The number of nitrogens with zero attached hydrogens (tertiary/aromatic N) is 1. The second-order valence-electron chi connectivity index (χ2n) is 2.61. The van der Waals surface area contributed by atoms with Crippen molar-refractivity contribution in [3.05, 3.63) is 45.3 Å². The largest absolute Gasteiger partial charge is 0.486 e. The summed E-state index contributed by atoms with van der Waals surface area (Å²) in [4.78, 5) is 4.01. The number of hydrogen-bond donors (Lipinski definition) is 0. The molecule has 2 rings (SSSR count). The normalized spacial score (nSPS) is 10.1. The molecule has 0 fully saturated rings. The van der Waals surface area contributed by atoms with Gasteiger partial charge in [0.1, 0.15) is 23.6 Å². The van der Waals surface area contributed by atoms with Gasteiger partial charge in [0.15, 0.2) is 0 Å². The van der Waals surface area contributed by atoms with E-state index in [0.717, 1.165) is 15.2 Å². The molecule has 0 aliphatic carbocycles. The average Bonchev–Trinajstić information content (AvgIpc) is 2.70. The maximum Gasteiger partial charge on any atom is 0.140 e. The third kappa shape index (κ3) is 2.56. The molecule has 0 atom stereocenters. The van der Waals surface area contributed by atoms with E-state index in [-0.39, 0.29) is 0 Å². The van der Waals surface area contributed by atoms with Crippen molar-refractivity contribution in [2.45, 2.75) is 6.61 Å². The zero-order valence-electron chi connectivity index (χ0n) is 7.24. The highest BCUT2D eigenvalue weighted by molar-refractivity contribution is 9.10. The first kappa shape index (κ1) is 9.68. The van der Waals surface area contributed by atoms with Crippen LogP contribution in [0.25, 0.3) is 0 Å². The number of thiazole rings is 1. The molecule has 0 spiro atoms. The molecule has 14 heavy (non-hydrogen) atoms. The number of hydrogen-bond acceptors (Lipinski definition) is 3. The second-order valence-corrected chi connectivity index (χ2v) is 4.47. The molecule has 1 aromatic heterocycles. The van der Waals surface area contributed by atoms with Crippen LogP contribution in [0.2, 0.25) is 0 Å². The van der Waals surface area contributed by atoms with Crippen molar-refractivity contribution in [1.29, 1.82) is 0 Å². The Morgan fingerprint density at radius 1 is 1.36 bits per heavy atom. The Balaban J connectivity index is 1.95. The second kappa shape index (κ2) is 4.57. The summed E-state index contributed by atoms with van der Waals surface area (Å²) in [5.41, 5.74) is 0. The van der Waals surface area contributed by atoms with Gasteiger partial charge in [-0.1, -0.05) is 15.9 Å². The molecule has 4 heteroatoms. The molecule has 0 saturated carbocycles. The lowest BCUT2D eigenvalue weighted by atomic mass is 10.3. The van der Waals surface area contributed by atoms with Gasteiger partial charge in [0.05, 0.1) is 0 Å². The third-order valence-corrected chi connectivity index (χ3v) is 2.85. The Morgan fingerprint density at radius 2 is 2.14 bits per heavy atom. The van der Waals surface area contributed by atoms with Gasteiger partial charge in [-0.25, -0.2) is 4.98 Å². The first-order valence-electron chi connectivity index (χ1n) is 4.03. The van der Waals surface area contributed by atoms with E-state index < -0.39 is 0 Å². The molecule has 0 saturated heterocycles. The van der Waals surface area contributed by atoms with Gasteiger partial charge in [-0.3, -0.25) is 0 Å². The molecule has 0 aliphatic heterocycles. The standard InChI is InChI=1S/C10H7BrNOS/c11-8-1-3-9(4-2-8)13-7-10-12-5-6-14-10/h1-4,6H,7H2. The number of rotatable bonds is 3. The molecule has 1 radical (unpaired) electrons. The van der Waals surface area contributed by atoms with Crippen molar-refractivity contribution in [1.82, 2.24) is 4.98 Å². The summed E-state index contributed by atoms with van der Waals surface area (Å²) in [5, 5.41) is 2.76. The summed E-state index contributed by atoms with van der Waals surface area (Å²) in [6.45, 7) is 0.510. The maximum atomic E-state index is 5.51. The van der Waals surface area contributed by atoms with E-state index in [9.17, 15) is 0 Å². The van der Waals surface area contributed by atoms with Crippen LogP contribution in [-0.2, 0) is 6.61 Å². The van der Waals surface area contributed by atoms with E-state index >= 15 is 0 Å². The van der Waals surface area contributed by atoms with E-state index in [1.165, 1.54) is 0 Å². The third-order valence-electron chi connectivity index (χ3n) is 1.61. The summed E-state index contributed by atoms with van der Waals surface area (Å²) in [6.07, 6.45) is 2.76. The minimum absolute atomic E-state index is 0.510. The highest BCUT2D eigenvalue weighted by atomic mass is 79.9. The molecule has 2 aromatic rings. The Morgan fingerprint density at radius 3 is 2.79 bits per heavy atom. The van der Waals surface area contributed by atoms with E-state index in [1.54, 1.807) is 11.3 Å². The lowest BCUT2D eigenvalue weighted by Crippen LogP contribution is -1.93. The summed E-state index contributed by atoms with van der Waals surface area (Å²) >= 11 is 4.91. The maximum absolute atomic E-state index is 5.51. The zero-order valence-corrected chi connectivity index (χ0v) is 9.64. The van der Waals surface area contributed by atoms with Crippen LogP contribution in [0.3, 0.4) is 0 Å². The topological polar surface area (TPSA) is 22.1 Å². The Bertz CT molecular complexity index is 385. The van der Waals surface area contributed by atoms with Gasteiger partial charge in [-0.05, 0) is 24.3 Å². The molecule has 0 N–H and O–H groups in total. The lowest BCUT2D eigenvalue weighted by molar-refractivity contribution is 0.305. The molecule has 71 valence electrons. The van der Waals surface area contributed by atoms with Crippen LogP contribution in [0.4, 0.5) is 0 Å². The van der Waals surface area contributed by atoms with E-state index in [0.29, 0.717) is 6.61 Å². The van der Waals surface area contributed by atoms with Crippen LogP contribution in [0.15, 0.2) is 34.1 Å². The monoisotopic (exact) mass is 268 g/mol. The quantitative estimate of drug-likeness (QED) is 0.853. The first-order valence-corrected chi connectivity index (χ1v) is 5.71. The van der Waals surface area contributed by atoms with E-state index in [1.807, 2.05) is 29.6 Å². The molecule has 0 unspecified atom stereocenters. The smallest absolute Gasteiger partial charge is 0.140 e. The summed E-state index contributed by atoms with van der Waals surface area (Å²) in [6, 6.07) is 7.73. The van der Waals surface area contributed by atoms with Gasteiger partial charge in [-0.15, -0.1) is 11.3 Å². The van der Waals surface area contributed by atoms with Crippen LogP contribution in [0.5, 0.6) is 5.75 Å². The van der Waals surface area contributed by atoms with Crippen LogP contribution in [0, 0.1) is 6.20 Å². The van der Waals surface area contributed by atoms with Gasteiger partial charge >= 0.3 is 0 Å². The molecule has 1 aromatic carbocycles. The minimum Gasteiger partial charge on any atom is -0.486 e. The lowest BCUT2D eigenvalue weighted by Gasteiger charge is -2.03. The number of aromatic nitrogens is 1. The van der Waals surface area contributed by atoms with Gasteiger partial charge in [-0.2, -0.15) is 0 Å². The Hall–Kier alpha value is -0.870. The number of benzene rings is 1. The predicted molar refractivity (Wildman–Crippen MR) is 59.4 cm³/mol. The van der Waals surface area contributed by atoms with Crippen molar-refractivity contribution >= 4 is 27.3 Å². The van der Waals surface area contributed by atoms with Gasteiger partial charge in [0.2, 0.25) is 0 Å². The highest BCUT2D eigenvalue weighted by Gasteiger charge is 1.97. The van der Waals surface area contributed by atoms with Gasteiger partial charge in [0, 0.05) is 9.85 Å². The molecule has 0 amide bonds. The number of halogens is 1. The van der Waals surface area contributed by atoms with Crippen LogP contribution in [0.1, 0.15) is 5.01 Å². The molecule has 0 bridgehead atoms. The first-order chi connectivity index (χ1) is 6.84. The fourth-order valence-electron chi connectivity index (χ4n) is 0.961. The van der Waals surface area contributed by atoms with E-state index in [2.05, 4.69) is 27.1 Å². The van der Waals surface area contributed by atoms with Crippen molar-refractivity contribution in [2.24, 2.45) is 0 Å². The molecule has 0 aliphatic rings. The van der Waals surface area contributed by atoms with Gasteiger partial charge < -0.3 is 4.74 Å². The van der Waals surface area contributed by atoms with Crippen molar-refractivity contribution in [3.8, 4) is 5.75 Å². The molecule has 1 heterocycles. The van der Waals surface area contributed by atoms with Crippen molar-refractivity contribution in [2.75, 3.05) is 0 Å². The van der Waals surface area contributed by atoms with Crippen molar-refractivity contribution < 1.29 is 4.74 Å². The van der Waals surface area contributed by atoms with Crippen LogP contribution < -0.4 is 4.74 Å². The highest BCUT2D eigenvalue weighted by Crippen LogP contribution is 2.17. The van der Waals surface area contributed by atoms with E-state index in [4.69, 9.17) is 4.74 Å². The fraction of sp³-hybridized carbons (Fsp3) is 0.100. The molecular formula is C10H7BrNOS. The zero-order chi connectivity index (χ0) is 9.80. The van der Waals surface area contributed by atoms with Crippen molar-refractivity contribution in [3.63, 3.8) is 0 Å². The molecule has 2 nitrogen and oxygen atoms in total.